The van der Waals surface area contributed by atoms with Crippen LogP contribution in [0, 0.1) is 0 Å². The van der Waals surface area contributed by atoms with Crippen molar-refractivity contribution in [3.8, 4) is 0 Å². The number of rotatable bonds is 0. The van der Waals surface area contributed by atoms with Gasteiger partial charge in [-0.2, -0.15) is 0 Å². The van der Waals surface area contributed by atoms with E-state index in [1.807, 2.05) is 0 Å². The van der Waals surface area contributed by atoms with Gasteiger partial charge in [-0.1, -0.05) is 0 Å². The fraction of sp³-hybridized carbons (Fsp3) is 0. The first kappa shape index (κ1) is 3.28. The highest BCUT2D eigenvalue weighted by Crippen LogP contribution is 1.73. The first-order chi connectivity index (χ1) is 3.00. The van der Waals surface area contributed by atoms with Crippen molar-refractivity contribution >= 4 is 0 Å². The number of aromatic nitrogens is 1. The van der Waals surface area contributed by atoms with E-state index in [0.717, 1.165) is 0 Å². The largest absolute Gasteiger partial charge is 0.336 e. The Labute approximate surface area is 35.5 Å². The second kappa shape index (κ2) is 1.50. The van der Waals surface area contributed by atoms with E-state index >= 15 is 0 Å². The number of hydrogen-bond donors (Lipinski definition) is 0. The molecule has 0 saturated heterocycles. The van der Waals surface area contributed by atoms with Crippen molar-refractivity contribution in [1.82, 2.24) is 4.98 Å². The van der Waals surface area contributed by atoms with Crippen LogP contribution in [0.15, 0.2) is 29.3 Å². The molecule has 30 valence electrons. The van der Waals surface area contributed by atoms with Crippen LogP contribution in [0.3, 0.4) is 0 Å². The van der Waals surface area contributed by atoms with Gasteiger partial charge in [0.1, 0.15) is 12.4 Å². The summed E-state index contributed by atoms with van der Waals surface area (Å²) in [7, 11) is 0. The van der Waals surface area contributed by atoms with E-state index < -0.39 is 0 Å². The van der Waals surface area contributed by atoms with Crippen LogP contribution in [0.4, 0.5) is 0 Å². The lowest BCUT2D eigenvalue weighted by Gasteiger charge is -1.58. The molecule has 2 heteroatoms. The van der Waals surface area contributed by atoms with Gasteiger partial charge in [-0.05, 0) is 0 Å². The lowest BCUT2D eigenvalue weighted by molar-refractivity contribution is 0.542. The summed E-state index contributed by atoms with van der Waals surface area (Å²) in [6.45, 7) is 0. The summed E-state index contributed by atoms with van der Waals surface area (Å²) in [4.78, 5) is 3.69. The minimum atomic E-state index is 1.51. The van der Waals surface area contributed by atoms with Crippen molar-refractivity contribution in [2.45, 2.75) is 0 Å². The van der Waals surface area contributed by atoms with Gasteiger partial charge in [0.25, 0.3) is 0 Å². The molecule has 0 amide bonds. The maximum absolute atomic E-state index is 4.61. The monoisotopic (exact) mass is 82.0 g/mol. The zero-order chi connectivity index (χ0) is 4.24. The van der Waals surface area contributed by atoms with Crippen LogP contribution in [-0.4, -0.2) is 4.98 Å². The molecule has 0 aliphatic carbocycles. The van der Waals surface area contributed by atoms with Gasteiger partial charge in [0.2, 0.25) is 0 Å². The lowest BCUT2D eigenvalue weighted by atomic mass is 10.9. The highest BCUT2D eigenvalue weighted by Gasteiger charge is 1.73. The first-order valence-electron chi connectivity index (χ1n) is 1.65. The molecule has 0 unspecified atom stereocenters. The fourth-order valence-corrected chi connectivity index (χ4v) is 0.236. The summed E-state index contributed by atoms with van der Waals surface area (Å²) in [6, 6.07) is 0. The van der Waals surface area contributed by atoms with E-state index in [-0.39, 0.29) is 0 Å². The Morgan fingerprint density at radius 1 is 1.17 bits per heavy atom. The molecular weight excluding hydrogens is 78.0 g/mol. The molecule has 2 nitrogen and oxygen atoms in total. The summed E-state index contributed by atoms with van der Waals surface area (Å²) < 4.78 is 4.61. The maximum atomic E-state index is 4.61. The molecule has 1 aromatic rings. The highest BCUT2D eigenvalue weighted by molar-refractivity contribution is 4.64. The SMILES string of the molecule is c1c[o+]ccn1. The van der Waals surface area contributed by atoms with Crippen molar-refractivity contribution in [3.63, 3.8) is 0 Å². The summed E-state index contributed by atoms with van der Waals surface area (Å²) in [6.07, 6.45) is 6.19. The van der Waals surface area contributed by atoms with Gasteiger partial charge >= 0.3 is 12.5 Å². The zero-order valence-electron chi connectivity index (χ0n) is 3.16. The molecule has 0 radical (unpaired) electrons. The van der Waals surface area contributed by atoms with Crippen LogP contribution in [0.25, 0.3) is 0 Å². The average Bonchev–Trinajstić information content (AvgIpc) is 1.72. The van der Waals surface area contributed by atoms with Gasteiger partial charge in [-0.3, -0.25) is 0 Å². The van der Waals surface area contributed by atoms with E-state index in [2.05, 4.69) is 9.40 Å². The molecule has 0 bridgehead atoms. The second-order valence-electron chi connectivity index (χ2n) is 0.855. The van der Waals surface area contributed by atoms with E-state index in [0.29, 0.717) is 0 Å². The molecule has 6 heavy (non-hydrogen) atoms. The number of hydrogen-bond acceptors (Lipinski definition) is 1. The van der Waals surface area contributed by atoms with Crippen molar-refractivity contribution in [3.05, 3.63) is 24.9 Å². The van der Waals surface area contributed by atoms with E-state index in [1.54, 1.807) is 12.4 Å². The van der Waals surface area contributed by atoms with E-state index in [9.17, 15) is 0 Å². The molecule has 1 heterocycles. The Morgan fingerprint density at radius 2 is 1.83 bits per heavy atom. The van der Waals surface area contributed by atoms with Gasteiger partial charge in [0.15, 0.2) is 0 Å². The molecule has 1 aromatic heterocycles. The summed E-state index contributed by atoms with van der Waals surface area (Å²) in [5.74, 6) is 0. The van der Waals surface area contributed by atoms with Crippen LogP contribution in [-0.2, 0) is 0 Å². The second-order valence-corrected chi connectivity index (χ2v) is 0.855. The molecule has 0 saturated carbocycles. The third-order valence-corrected chi connectivity index (χ3v) is 0.451. The first-order valence-corrected chi connectivity index (χ1v) is 1.65. The Kier molecular flexibility index (Phi) is 0.819. The van der Waals surface area contributed by atoms with Gasteiger partial charge in [-0.15, -0.1) is 0 Å². The maximum Gasteiger partial charge on any atom is 0.336 e. The zero-order valence-corrected chi connectivity index (χ0v) is 3.16. The van der Waals surface area contributed by atoms with E-state index in [1.165, 1.54) is 12.5 Å². The summed E-state index contributed by atoms with van der Waals surface area (Å²) in [5, 5.41) is 0. The molecule has 0 N–H and O–H groups in total. The summed E-state index contributed by atoms with van der Waals surface area (Å²) >= 11 is 0. The Bertz CT molecular complexity index is 79.5. The molecule has 0 spiro atoms. The standard InChI is InChI=1S/C4H4NO/c1-3-6-4-2-5-1/h1-4H/q+1. The fourth-order valence-electron chi connectivity index (χ4n) is 0.236. The van der Waals surface area contributed by atoms with Crippen LogP contribution in [0.1, 0.15) is 0 Å². The predicted molar refractivity (Wildman–Crippen MR) is 20.9 cm³/mol. The van der Waals surface area contributed by atoms with Gasteiger partial charge in [0, 0.05) is 0 Å². The van der Waals surface area contributed by atoms with Crippen LogP contribution in [0.5, 0.6) is 0 Å². The predicted octanol–water partition coefficient (Wildman–Crippen LogP) is 0.956. The van der Waals surface area contributed by atoms with Gasteiger partial charge in [-0.25, -0.2) is 9.40 Å². The van der Waals surface area contributed by atoms with Crippen molar-refractivity contribution in [2.75, 3.05) is 0 Å². The molecule has 0 aliphatic heterocycles. The molecule has 0 aromatic carbocycles. The van der Waals surface area contributed by atoms with Crippen LogP contribution in [0.2, 0.25) is 0 Å². The van der Waals surface area contributed by atoms with Crippen molar-refractivity contribution in [1.29, 1.82) is 0 Å². The Balaban J connectivity index is 3.00. The average molecular weight is 82.1 g/mol. The molecular formula is C4H4NO+. The number of nitrogens with zero attached hydrogens (tertiary/aromatic N) is 1. The normalized spacial score (nSPS) is 8.00. The molecule has 1 rings (SSSR count). The third kappa shape index (κ3) is 0.516. The molecule has 0 aliphatic rings. The van der Waals surface area contributed by atoms with Crippen LogP contribution < -0.4 is 0 Å². The minimum Gasteiger partial charge on any atom is -0.246 e. The minimum absolute atomic E-state index is 1.51. The highest BCUT2D eigenvalue weighted by atomic mass is 16.3. The Hall–Kier alpha value is -0.920. The topological polar surface area (TPSA) is 24.2 Å². The summed E-state index contributed by atoms with van der Waals surface area (Å²) in [5.41, 5.74) is 0. The van der Waals surface area contributed by atoms with Gasteiger partial charge in [0.05, 0.1) is 0 Å². The Morgan fingerprint density at radius 3 is 2.00 bits per heavy atom. The van der Waals surface area contributed by atoms with E-state index in [4.69, 9.17) is 0 Å². The smallest absolute Gasteiger partial charge is 0.246 e. The van der Waals surface area contributed by atoms with Crippen molar-refractivity contribution < 1.29 is 4.42 Å². The quantitative estimate of drug-likeness (QED) is 0.435. The van der Waals surface area contributed by atoms with Crippen LogP contribution >= 0.6 is 0 Å². The van der Waals surface area contributed by atoms with Crippen molar-refractivity contribution in [2.24, 2.45) is 0 Å². The lowest BCUT2D eigenvalue weighted by Crippen LogP contribution is -1.58. The molecule has 0 fully saturated rings. The third-order valence-electron chi connectivity index (χ3n) is 0.451. The molecule has 0 atom stereocenters. The van der Waals surface area contributed by atoms with Gasteiger partial charge < -0.3 is 0 Å².